The SMILES string of the molecule is Nc1c[c-]c(Cl)cc1.[Cm]. The van der Waals surface area contributed by atoms with Crippen LogP contribution in [0.1, 0.15) is 0 Å². The van der Waals surface area contributed by atoms with E-state index in [9.17, 15) is 0 Å². The molecule has 1 nitrogen and oxygen atoms in total. The smallest absolute Gasteiger partial charge is 0 e. The molecular weight excluding hydrogens is 369 g/mol. The summed E-state index contributed by atoms with van der Waals surface area (Å²) in [6, 6.07) is 7.82. The first kappa shape index (κ1) is 7.31. The van der Waals surface area contributed by atoms with Gasteiger partial charge in [-0.15, -0.1) is 17.7 Å². The summed E-state index contributed by atoms with van der Waals surface area (Å²) in [7, 11) is 0. The first-order chi connectivity index (χ1) is 3.79. The summed E-state index contributed by atoms with van der Waals surface area (Å²) in [5.74, 6) is 0. The molecule has 3 heteroatoms. The van der Waals surface area contributed by atoms with E-state index >= 15 is 0 Å². The van der Waals surface area contributed by atoms with Gasteiger partial charge in [-0.25, -0.2) is 0 Å². The van der Waals surface area contributed by atoms with Gasteiger partial charge in [0.1, 0.15) is 0 Å². The second-order valence-electron chi connectivity index (χ2n) is 1.47. The van der Waals surface area contributed by atoms with Crippen LogP contribution in [-0.4, -0.2) is 0 Å². The molecule has 0 aromatic heterocycles. The minimum absolute atomic E-state index is 0. The maximum atomic E-state index is 5.50. The van der Waals surface area contributed by atoms with Crippen molar-refractivity contribution in [3.05, 3.63) is 29.3 Å². The molecule has 0 bridgehead atoms. The Morgan fingerprint density at radius 3 is 2.44 bits per heavy atom. The molecular formula is C6H5ClCmN-. The van der Waals surface area contributed by atoms with Crippen molar-refractivity contribution in [1.82, 2.24) is 0 Å². The minimum Gasteiger partial charge on any atom is -0.449 e. The third-order valence-electron chi connectivity index (χ3n) is 0.799. The average Bonchev–Trinajstić information content (AvgIpc) is 1.77. The van der Waals surface area contributed by atoms with Gasteiger partial charge in [-0.2, -0.15) is 18.2 Å². The van der Waals surface area contributed by atoms with Crippen molar-refractivity contribution in [3.63, 3.8) is 0 Å². The molecule has 50 valence electrons. The number of benzene rings is 1. The second kappa shape index (κ2) is 2.58. The fraction of sp³-hybridized carbons (Fsp3) is 0. The Balaban J connectivity index is 0.000000640. The van der Waals surface area contributed by atoms with Crippen LogP contribution in [0.25, 0.3) is 0 Å². The van der Waals surface area contributed by atoms with Gasteiger partial charge in [0.05, 0.1) is 0 Å². The molecule has 0 unspecified atom stereocenters. The van der Waals surface area contributed by atoms with Gasteiger partial charge < -0.3 is 5.73 Å². The summed E-state index contributed by atoms with van der Waals surface area (Å²) in [5, 5.41) is 0.596. The summed E-state index contributed by atoms with van der Waals surface area (Å²) in [6.45, 7) is 0. The van der Waals surface area contributed by atoms with E-state index in [-0.39, 0.29) is 0 Å². The zero-order valence-electron chi connectivity index (χ0n) is 4.54. The number of anilines is 1. The summed E-state index contributed by atoms with van der Waals surface area (Å²) in [5.41, 5.74) is 6.03. The quantitative estimate of drug-likeness (QED) is 0.544. The van der Waals surface area contributed by atoms with Crippen molar-refractivity contribution >= 4 is 17.3 Å². The van der Waals surface area contributed by atoms with Gasteiger partial charge in [0, 0.05) is 0 Å². The molecule has 1 rings (SSSR count). The maximum Gasteiger partial charge on any atom is 0 e. The summed E-state index contributed by atoms with van der Waals surface area (Å²) >= 11 is 5.50. The Morgan fingerprint density at radius 2 is 2.11 bits per heavy atom. The van der Waals surface area contributed by atoms with Gasteiger partial charge >= 0.3 is 0 Å². The monoisotopic (exact) mass is 369 g/mol. The minimum atomic E-state index is 0. The van der Waals surface area contributed by atoms with Gasteiger partial charge in [0.25, 0.3) is 0 Å². The predicted molar refractivity (Wildman–Crippen MR) is 34.7 cm³/mol. The molecule has 0 fully saturated rings. The molecule has 0 saturated carbocycles. The van der Waals surface area contributed by atoms with E-state index in [1.807, 2.05) is 0 Å². The molecule has 0 spiro atoms. The Bertz CT molecular complexity index is 152. The summed E-state index contributed by atoms with van der Waals surface area (Å²) in [4.78, 5) is 0. The number of nitrogens with two attached hydrogens (primary N) is 1. The van der Waals surface area contributed by atoms with E-state index in [0.717, 1.165) is 0 Å². The third kappa shape index (κ3) is 1.70. The van der Waals surface area contributed by atoms with Crippen LogP contribution in [-0.2, 0) is 0 Å². The molecule has 0 heterocycles. The van der Waals surface area contributed by atoms with Crippen LogP contribution in [0.2, 0.25) is 5.02 Å². The standard InChI is InChI=1S/C6H5ClN.Cm/c7-5-1-3-6(8)4-2-5;/h1,3-4H,8H2;/q-1;. The number of hydrogen-bond acceptors (Lipinski definition) is 1. The van der Waals surface area contributed by atoms with E-state index in [1.54, 1.807) is 18.2 Å². The number of nitrogen functional groups attached to an aromatic ring is 1. The van der Waals surface area contributed by atoms with Crippen molar-refractivity contribution in [2.24, 2.45) is 0 Å². The van der Waals surface area contributed by atoms with Crippen molar-refractivity contribution in [3.8, 4) is 0 Å². The Labute approximate surface area is 53.1 Å². The molecule has 0 aliphatic heterocycles. The molecule has 1 aromatic rings. The zero-order chi connectivity index (χ0) is 5.98. The van der Waals surface area contributed by atoms with Crippen molar-refractivity contribution in [2.75, 3.05) is 5.73 Å². The molecule has 0 radical (unpaired) electrons. The largest absolute Gasteiger partial charge is 0.449 e. The molecule has 0 aliphatic rings. The third-order valence-corrected chi connectivity index (χ3v) is 1.03. The van der Waals surface area contributed by atoms with Crippen LogP contribution in [0, 0.1) is 6.07 Å². The number of halogens is 1. The molecule has 0 atom stereocenters. The van der Waals surface area contributed by atoms with Crippen LogP contribution >= 0.6 is 11.6 Å². The first-order valence-corrected chi connectivity index (χ1v) is 2.59. The Morgan fingerprint density at radius 1 is 1.44 bits per heavy atom. The zero-order valence-corrected chi connectivity index (χ0v) is 8.24. The van der Waals surface area contributed by atoms with E-state index < -0.39 is 0 Å². The summed E-state index contributed by atoms with van der Waals surface area (Å²) < 4.78 is 0. The van der Waals surface area contributed by atoms with Crippen LogP contribution in [0.4, 0.5) is 5.69 Å². The fourth-order valence-electron chi connectivity index (χ4n) is 0.418. The topological polar surface area (TPSA) is 26.0 Å². The Kier molecular flexibility index (Phi) is 2.09. The van der Waals surface area contributed by atoms with Crippen LogP contribution < -0.4 is 5.73 Å². The number of rotatable bonds is 0. The van der Waals surface area contributed by atoms with Gasteiger partial charge in [-0.1, -0.05) is 10.7 Å². The first-order valence-electron chi connectivity index (χ1n) is 2.22. The van der Waals surface area contributed by atoms with Crippen molar-refractivity contribution < 1.29 is 0 Å². The molecule has 0 aliphatic carbocycles. The van der Waals surface area contributed by atoms with Crippen LogP contribution in [0.5, 0.6) is 0 Å². The van der Waals surface area contributed by atoms with Crippen molar-refractivity contribution in [1.29, 1.82) is 0 Å². The van der Waals surface area contributed by atoms with Gasteiger partial charge in [0.15, 0.2) is 0 Å². The van der Waals surface area contributed by atoms with E-state index in [0.29, 0.717) is 10.7 Å². The van der Waals surface area contributed by atoms with Crippen molar-refractivity contribution in [2.45, 2.75) is 0 Å². The van der Waals surface area contributed by atoms with Crippen LogP contribution in [0.15, 0.2) is 18.2 Å². The van der Waals surface area contributed by atoms with E-state index in [4.69, 9.17) is 17.3 Å². The molecule has 1 aromatic carbocycles. The van der Waals surface area contributed by atoms with Crippen LogP contribution in [0.3, 0.4) is 0 Å². The van der Waals surface area contributed by atoms with Gasteiger partial charge in [-0.3, -0.25) is 0 Å². The fourth-order valence-corrected chi connectivity index (χ4v) is 0.535. The molecule has 2 N–H and O–H groups in total. The van der Waals surface area contributed by atoms with E-state index in [1.165, 1.54) is 0 Å². The number of hydrogen-bond donors (Lipinski definition) is 1. The molecule has 9 heavy (non-hydrogen) atoms. The molecule has 0 saturated heterocycles. The predicted octanol–water partition coefficient (Wildman–Crippen LogP) is 1.72. The summed E-state index contributed by atoms with van der Waals surface area (Å²) in [6.07, 6.45) is 0. The average molecular weight is 374 g/mol. The Hall–Kier alpha value is -1.69. The van der Waals surface area contributed by atoms with E-state index in [2.05, 4.69) is 6.07 Å². The normalized spacial score (nSPS) is 8.11. The maximum absolute atomic E-state index is 5.50. The second-order valence-corrected chi connectivity index (χ2v) is 1.88. The van der Waals surface area contributed by atoms with Gasteiger partial charge in [-0.05, 0) is 0 Å². The van der Waals surface area contributed by atoms with Gasteiger partial charge in [0.2, 0.25) is 0 Å². The molecule has 0 amide bonds.